The molecule has 0 aliphatic carbocycles. The molecule has 0 radical (unpaired) electrons. The van der Waals surface area contributed by atoms with Crippen LogP contribution in [0, 0.1) is 0 Å². The molecule has 0 saturated carbocycles. The number of aliphatic carboxylic acids is 1. The van der Waals surface area contributed by atoms with Crippen molar-refractivity contribution in [1.82, 2.24) is 5.32 Å². The number of nitrogens with one attached hydrogen (secondary N) is 1. The van der Waals surface area contributed by atoms with Gasteiger partial charge in [0, 0.05) is 5.25 Å². The van der Waals surface area contributed by atoms with Crippen LogP contribution in [0.3, 0.4) is 0 Å². The second-order valence-electron chi connectivity index (χ2n) is 3.96. The largest absolute Gasteiger partial charge is 0.480 e. The molecule has 98 valence electrons. The van der Waals surface area contributed by atoms with E-state index in [1.54, 1.807) is 0 Å². The van der Waals surface area contributed by atoms with Gasteiger partial charge in [0.1, 0.15) is 6.04 Å². The molecule has 0 bridgehead atoms. The molecule has 2 N–H and O–H groups in total. The van der Waals surface area contributed by atoms with E-state index >= 15 is 0 Å². The van der Waals surface area contributed by atoms with Crippen molar-refractivity contribution in [3.63, 3.8) is 0 Å². The summed E-state index contributed by atoms with van der Waals surface area (Å²) < 4.78 is 22.3. The lowest BCUT2D eigenvalue weighted by Gasteiger charge is -2.10. The summed E-state index contributed by atoms with van der Waals surface area (Å²) in [4.78, 5) is 21.8. The average Bonchev–Trinajstić information content (AvgIpc) is 2.55. The third kappa shape index (κ3) is 4.95. The number of hydrogen-bond donors (Lipinski definition) is 2. The number of carboxylic acids is 1. The summed E-state index contributed by atoms with van der Waals surface area (Å²) in [5.41, 5.74) is 0. The van der Waals surface area contributed by atoms with Crippen molar-refractivity contribution < 1.29 is 23.1 Å². The van der Waals surface area contributed by atoms with Gasteiger partial charge in [-0.15, -0.1) is 11.8 Å². The van der Waals surface area contributed by atoms with Crippen LogP contribution in [0.5, 0.6) is 0 Å². The highest BCUT2D eigenvalue weighted by Gasteiger charge is 2.28. The maximum Gasteiger partial charge on any atom is 0.325 e. The molecule has 1 saturated heterocycles. The molecule has 0 aromatic carbocycles. The van der Waals surface area contributed by atoms with Gasteiger partial charge in [-0.05, 0) is 13.3 Å². The molecule has 6 nitrogen and oxygen atoms in total. The van der Waals surface area contributed by atoms with Crippen molar-refractivity contribution in [2.24, 2.45) is 0 Å². The number of amides is 1. The van der Waals surface area contributed by atoms with Crippen LogP contribution in [0.15, 0.2) is 0 Å². The minimum atomic E-state index is -2.93. The fraction of sp³-hybridized carbons (Fsp3) is 0.778. The Kier molecular flexibility index (Phi) is 4.81. The van der Waals surface area contributed by atoms with Gasteiger partial charge in [-0.2, -0.15) is 0 Å². The van der Waals surface area contributed by atoms with Crippen molar-refractivity contribution in [3.8, 4) is 0 Å². The third-order valence-corrected chi connectivity index (χ3v) is 5.67. The highest BCUT2D eigenvalue weighted by molar-refractivity contribution is 8.02. The first kappa shape index (κ1) is 14.3. The Hall–Kier alpha value is -0.760. The Morgan fingerprint density at radius 1 is 1.53 bits per heavy atom. The van der Waals surface area contributed by atoms with Crippen molar-refractivity contribution in [3.05, 3.63) is 0 Å². The fourth-order valence-corrected chi connectivity index (χ4v) is 4.89. The van der Waals surface area contributed by atoms with E-state index in [-0.39, 0.29) is 28.4 Å². The first-order chi connectivity index (χ1) is 7.80. The first-order valence-electron chi connectivity index (χ1n) is 5.14. The highest BCUT2D eigenvalue weighted by atomic mass is 32.2. The van der Waals surface area contributed by atoms with E-state index in [2.05, 4.69) is 5.32 Å². The van der Waals surface area contributed by atoms with Gasteiger partial charge in [-0.25, -0.2) is 8.42 Å². The Bertz CT molecular complexity index is 406. The number of carbonyl (C=O) groups is 2. The summed E-state index contributed by atoms with van der Waals surface area (Å²) in [7, 11) is -2.93. The zero-order valence-corrected chi connectivity index (χ0v) is 11.0. The van der Waals surface area contributed by atoms with Crippen LogP contribution >= 0.6 is 11.8 Å². The molecule has 0 aromatic rings. The molecule has 0 aromatic heterocycles. The molecule has 2 atom stereocenters. The van der Waals surface area contributed by atoms with Crippen LogP contribution in [-0.2, 0) is 19.4 Å². The minimum absolute atomic E-state index is 0.0501. The molecule has 1 heterocycles. The lowest BCUT2D eigenvalue weighted by molar-refractivity contribution is -0.140. The van der Waals surface area contributed by atoms with E-state index in [9.17, 15) is 18.0 Å². The van der Waals surface area contributed by atoms with Gasteiger partial charge in [0.2, 0.25) is 5.91 Å². The van der Waals surface area contributed by atoms with Gasteiger partial charge in [0.15, 0.2) is 9.84 Å². The SMILES string of the molecule is C[C@H](NC(=O)CSC1CCS(=O)(=O)C1)C(=O)O. The summed E-state index contributed by atoms with van der Waals surface area (Å²) in [5, 5.41) is 10.8. The van der Waals surface area contributed by atoms with Crippen LogP contribution < -0.4 is 5.32 Å². The average molecular weight is 281 g/mol. The standard InChI is InChI=1S/C9H15NO5S2/c1-6(9(12)13)10-8(11)4-16-7-2-3-17(14,15)5-7/h6-7H,2-5H2,1H3,(H,10,11)(H,12,13)/t6-,7?/m0/s1. The second kappa shape index (κ2) is 5.72. The van der Waals surface area contributed by atoms with Gasteiger partial charge in [0.05, 0.1) is 17.3 Å². The third-order valence-electron chi connectivity index (χ3n) is 2.39. The van der Waals surface area contributed by atoms with E-state index in [0.29, 0.717) is 6.42 Å². The molecular formula is C9H15NO5S2. The van der Waals surface area contributed by atoms with Crippen LogP contribution in [0.1, 0.15) is 13.3 Å². The predicted octanol–water partition coefficient (Wildman–Crippen LogP) is -0.504. The number of sulfone groups is 1. The number of carbonyl (C=O) groups excluding carboxylic acids is 1. The van der Waals surface area contributed by atoms with Gasteiger partial charge < -0.3 is 10.4 Å². The van der Waals surface area contributed by atoms with Crippen molar-refractivity contribution >= 4 is 33.5 Å². The molecule has 1 fully saturated rings. The van der Waals surface area contributed by atoms with E-state index < -0.39 is 21.8 Å². The van der Waals surface area contributed by atoms with E-state index in [1.165, 1.54) is 18.7 Å². The zero-order chi connectivity index (χ0) is 13.1. The smallest absolute Gasteiger partial charge is 0.325 e. The maximum atomic E-state index is 11.3. The summed E-state index contributed by atoms with van der Waals surface area (Å²) >= 11 is 1.26. The van der Waals surface area contributed by atoms with Gasteiger partial charge in [-0.3, -0.25) is 9.59 Å². The Balaban J connectivity index is 2.28. The van der Waals surface area contributed by atoms with Crippen LogP contribution in [0.25, 0.3) is 0 Å². The highest BCUT2D eigenvalue weighted by Crippen LogP contribution is 2.23. The van der Waals surface area contributed by atoms with Gasteiger partial charge in [-0.1, -0.05) is 0 Å². The molecule has 1 aliphatic rings. The summed E-state index contributed by atoms with van der Waals surface area (Å²) in [5.74, 6) is -1.09. The van der Waals surface area contributed by atoms with Crippen molar-refractivity contribution in [2.75, 3.05) is 17.3 Å². The van der Waals surface area contributed by atoms with Crippen LogP contribution in [0.4, 0.5) is 0 Å². The molecule has 0 spiro atoms. The van der Waals surface area contributed by atoms with E-state index in [1.807, 2.05) is 0 Å². The monoisotopic (exact) mass is 281 g/mol. The summed E-state index contributed by atoms with van der Waals surface area (Å²) in [6, 6.07) is -0.921. The molecule has 17 heavy (non-hydrogen) atoms. The quantitative estimate of drug-likeness (QED) is 0.704. The Morgan fingerprint density at radius 3 is 2.65 bits per heavy atom. The zero-order valence-electron chi connectivity index (χ0n) is 9.38. The number of rotatable bonds is 5. The van der Waals surface area contributed by atoms with E-state index in [4.69, 9.17) is 5.11 Å². The minimum Gasteiger partial charge on any atom is -0.480 e. The Morgan fingerprint density at radius 2 is 2.18 bits per heavy atom. The summed E-state index contributed by atoms with van der Waals surface area (Å²) in [6.07, 6.45) is 0.564. The van der Waals surface area contributed by atoms with Gasteiger partial charge >= 0.3 is 5.97 Å². The topological polar surface area (TPSA) is 101 Å². The van der Waals surface area contributed by atoms with Gasteiger partial charge in [0.25, 0.3) is 0 Å². The molecule has 1 amide bonds. The van der Waals surface area contributed by atoms with Crippen LogP contribution in [-0.4, -0.2) is 54.0 Å². The summed E-state index contributed by atoms with van der Waals surface area (Å²) in [6.45, 7) is 1.38. The van der Waals surface area contributed by atoms with Crippen molar-refractivity contribution in [2.45, 2.75) is 24.6 Å². The molecular weight excluding hydrogens is 266 g/mol. The predicted molar refractivity (Wildman–Crippen MR) is 64.8 cm³/mol. The molecule has 1 rings (SSSR count). The normalized spacial score (nSPS) is 24.2. The lowest BCUT2D eigenvalue weighted by Crippen LogP contribution is -2.39. The molecule has 1 unspecified atom stereocenters. The second-order valence-corrected chi connectivity index (χ2v) is 7.48. The Labute approximate surface area is 104 Å². The number of hydrogen-bond acceptors (Lipinski definition) is 5. The fourth-order valence-electron chi connectivity index (χ4n) is 1.43. The lowest BCUT2D eigenvalue weighted by atomic mass is 10.3. The first-order valence-corrected chi connectivity index (χ1v) is 8.01. The van der Waals surface area contributed by atoms with E-state index in [0.717, 1.165) is 0 Å². The van der Waals surface area contributed by atoms with Crippen molar-refractivity contribution in [1.29, 1.82) is 0 Å². The number of thioether (sulfide) groups is 1. The van der Waals surface area contributed by atoms with Crippen LogP contribution in [0.2, 0.25) is 0 Å². The molecule has 1 aliphatic heterocycles. The number of carboxylic acid groups (broad SMARTS) is 1. The maximum absolute atomic E-state index is 11.3. The molecule has 8 heteroatoms.